The first-order valence-electron chi connectivity index (χ1n) is 10.4. The van der Waals surface area contributed by atoms with Crippen molar-refractivity contribution in [2.24, 2.45) is 5.92 Å². The van der Waals surface area contributed by atoms with E-state index in [-0.39, 0.29) is 35.0 Å². The van der Waals surface area contributed by atoms with Crippen LogP contribution in [0.25, 0.3) is 10.8 Å². The van der Waals surface area contributed by atoms with E-state index in [9.17, 15) is 19.5 Å². The van der Waals surface area contributed by atoms with Gasteiger partial charge in [-0.05, 0) is 37.1 Å². The average molecular weight is 410 g/mol. The van der Waals surface area contributed by atoms with Gasteiger partial charge in [-0.2, -0.15) is 0 Å². The smallest absolute Gasteiger partial charge is 0.308 e. The quantitative estimate of drug-likeness (QED) is 0.786. The van der Waals surface area contributed by atoms with Crippen molar-refractivity contribution in [2.75, 3.05) is 26.7 Å². The Labute approximate surface area is 175 Å². The van der Waals surface area contributed by atoms with Crippen LogP contribution in [0.15, 0.2) is 36.4 Å². The van der Waals surface area contributed by atoms with Crippen molar-refractivity contribution in [2.45, 2.75) is 31.7 Å². The fourth-order valence-electron chi connectivity index (χ4n) is 4.56. The zero-order valence-electron chi connectivity index (χ0n) is 17.0. The number of likely N-dealkylation sites (tertiary alicyclic amines) is 2. The number of piperidine rings is 1. The Bertz CT molecular complexity index is 981. The molecule has 4 rings (SSSR count). The minimum absolute atomic E-state index is 0.0462. The number of esters is 1. The molecule has 30 heavy (non-hydrogen) atoms. The fraction of sp³-hybridized carbons (Fsp3) is 0.435. The number of amides is 2. The molecule has 2 amide bonds. The van der Waals surface area contributed by atoms with Crippen LogP contribution in [0.4, 0.5) is 0 Å². The van der Waals surface area contributed by atoms with Crippen LogP contribution in [0.5, 0.6) is 5.75 Å². The summed E-state index contributed by atoms with van der Waals surface area (Å²) in [6, 6.07) is 10.3. The van der Waals surface area contributed by atoms with Crippen molar-refractivity contribution in [1.29, 1.82) is 0 Å². The molecule has 7 nitrogen and oxygen atoms in total. The van der Waals surface area contributed by atoms with Crippen molar-refractivity contribution in [3.8, 4) is 5.75 Å². The van der Waals surface area contributed by atoms with Crippen LogP contribution >= 0.6 is 0 Å². The van der Waals surface area contributed by atoms with E-state index in [1.165, 1.54) is 7.11 Å². The van der Waals surface area contributed by atoms with Gasteiger partial charge in [0, 0.05) is 25.0 Å². The number of fused-ring (bicyclic) bond motifs is 1. The second kappa shape index (κ2) is 8.34. The molecule has 0 saturated carbocycles. The highest BCUT2D eigenvalue weighted by atomic mass is 16.5. The summed E-state index contributed by atoms with van der Waals surface area (Å²) in [5.74, 6) is -0.848. The summed E-state index contributed by atoms with van der Waals surface area (Å²) < 4.78 is 4.81. The molecule has 1 unspecified atom stereocenters. The predicted molar refractivity (Wildman–Crippen MR) is 111 cm³/mol. The fourth-order valence-corrected chi connectivity index (χ4v) is 4.56. The molecule has 2 aliphatic rings. The van der Waals surface area contributed by atoms with Crippen molar-refractivity contribution in [1.82, 2.24) is 9.80 Å². The molecule has 1 atom stereocenters. The van der Waals surface area contributed by atoms with Gasteiger partial charge in [-0.3, -0.25) is 14.4 Å². The van der Waals surface area contributed by atoms with Gasteiger partial charge in [-0.15, -0.1) is 0 Å². The first-order valence-corrected chi connectivity index (χ1v) is 10.4. The number of rotatable bonds is 3. The van der Waals surface area contributed by atoms with Crippen LogP contribution < -0.4 is 0 Å². The standard InChI is InChI=1S/C23H26N2O5/c1-30-23(29)16-10-13-24(14-11-16)22(28)19-7-4-12-25(19)21(27)18-9-8-15-5-2-3-6-17(15)20(18)26/h2-3,5-6,8-9,16,19,26H,4,7,10-14H2,1H3. The molecular formula is C23H26N2O5. The molecule has 2 saturated heterocycles. The van der Waals surface area contributed by atoms with E-state index in [0.29, 0.717) is 44.3 Å². The summed E-state index contributed by atoms with van der Waals surface area (Å²) in [6.07, 6.45) is 2.50. The summed E-state index contributed by atoms with van der Waals surface area (Å²) in [5, 5.41) is 12.1. The lowest BCUT2D eigenvalue weighted by atomic mass is 9.96. The van der Waals surface area contributed by atoms with Gasteiger partial charge < -0.3 is 19.6 Å². The molecule has 7 heteroatoms. The van der Waals surface area contributed by atoms with Crippen LogP contribution in [-0.2, 0) is 14.3 Å². The molecule has 0 spiro atoms. The SMILES string of the molecule is COC(=O)C1CCN(C(=O)C2CCCN2C(=O)c2ccc3ccccc3c2O)CC1. The molecular weight excluding hydrogens is 384 g/mol. The van der Waals surface area contributed by atoms with E-state index in [0.717, 1.165) is 11.8 Å². The molecule has 0 aromatic heterocycles. The third kappa shape index (κ3) is 3.60. The van der Waals surface area contributed by atoms with Crippen molar-refractivity contribution >= 4 is 28.6 Å². The van der Waals surface area contributed by atoms with E-state index in [2.05, 4.69) is 0 Å². The van der Waals surface area contributed by atoms with Gasteiger partial charge in [0.15, 0.2) is 0 Å². The van der Waals surface area contributed by atoms with E-state index in [1.807, 2.05) is 24.3 Å². The Balaban J connectivity index is 1.50. The van der Waals surface area contributed by atoms with E-state index >= 15 is 0 Å². The zero-order chi connectivity index (χ0) is 21.3. The van der Waals surface area contributed by atoms with Crippen molar-refractivity contribution in [3.05, 3.63) is 42.0 Å². The topological polar surface area (TPSA) is 87.2 Å². The van der Waals surface area contributed by atoms with Gasteiger partial charge in [0.1, 0.15) is 11.8 Å². The Hall–Kier alpha value is -3.09. The van der Waals surface area contributed by atoms with Crippen LogP contribution in [0.3, 0.4) is 0 Å². The number of hydrogen-bond acceptors (Lipinski definition) is 5. The van der Waals surface area contributed by atoms with Crippen LogP contribution in [0.2, 0.25) is 0 Å². The van der Waals surface area contributed by atoms with Gasteiger partial charge in [-0.1, -0.05) is 30.3 Å². The molecule has 158 valence electrons. The number of phenols is 1. The minimum Gasteiger partial charge on any atom is -0.506 e. The average Bonchev–Trinajstić information content (AvgIpc) is 3.28. The van der Waals surface area contributed by atoms with Crippen LogP contribution in [-0.4, -0.2) is 65.5 Å². The molecule has 2 aromatic carbocycles. The third-order valence-electron chi connectivity index (χ3n) is 6.27. The third-order valence-corrected chi connectivity index (χ3v) is 6.27. The Kier molecular flexibility index (Phi) is 5.61. The van der Waals surface area contributed by atoms with Crippen LogP contribution in [0, 0.1) is 5.92 Å². The molecule has 2 aromatic rings. The largest absolute Gasteiger partial charge is 0.506 e. The van der Waals surface area contributed by atoms with Gasteiger partial charge >= 0.3 is 5.97 Å². The monoisotopic (exact) mass is 410 g/mol. The van der Waals surface area contributed by atoms with E-state index < -0.39 is 6.04 Å². The summed E-state index contributed by atoms with van der Waals surface area (Å²) in [7, 11) is 1.38. The molecule has 0 radical (unpaired) electrons. The highest BCUT2D eigenvalue weighted by Crippen LogP contribution is 2.32. The molecule has 2 fully saturated rings. The Morgan fingerprint density at radius 1 is 1.00 bits per heavy atom. The highest BCUT2D eigenvalue weighted by Gasteiger charge is 2.39. The number of carbonyl (C=O) groups excluding carboxylic acids is 3. The molecule has 2 heterocycles. The lowest BCUT2D eigenvalue weighted by molar-refractivity contribution is -0.149. The van der Waals surface area contributed by atoms with Crippen molar-refractivity contribution < 1.29 is 24.2 Å². The van der Waals surface area contributed by atoms with Crippen LogP contribution in [0.1, 0.15) is 36.0 Å². The summed E-state index contributed by atoms with van der Waals surface area (Å²) in [5.41, 5.74) is 0.220. The maximum atomic E-state index is 13.2. The second-order valence-electron chi connectivity index (χ2n) is 7.96. The maximum Gasteiger partial charge on any atom is 0.308 e. The number of benzene rings is 2. The molecule has 2 aliphatic heterocycles. The zero-order valence-corrected chi connectivity index (χ0v) is 17.0. The van der Waals surface area contributed by atoms with Gasteiger partial charge in [0.25, 0.3) is 5.91 Å². The second-order valence-corrected chi connectivity index (χ2v) is 7.96. The lowest BCUT2D eigenvalue weighted by Gasteiger charge is -2.34. The summed E-state index contributed by atoms with van der Waals surface area (Å²) in [4.78, 5) is 41.4. The predicted octanol–water partition coefficient (Wildman–Crippen LogP) is 2.56. The van der Waals surface area contributed by atoms with E-state index in [1.54, 1.807) is 21.9 Å². The summed E-state index contributed by atoms with van der Waals surface area (Å²) >= 11 is 0. The highest BCUT2D eigenvalue weighted by molar-refractivity contribution is 6.05. The first kappa shape index (κ1) is 20.2. The number of ether oxygens (including phenoxy) is 1. The maximum absolute atomic E-state index is 13.2. The van der Waals surface area contributed by atoms with Gasteiger partial charge in [0.05, 0.1) is 18.6 Å². The number of methoxy groups -OCH3 is 1. The van der Waals surface area contributed by atoms with Gasteiger partial charge in [0.2, 0.25) is 5.91 Å². The van der Waals surface area contributed by atoms with E-state index in [4.69, 9.17) is 4.74 Å². The molecule has 1 N–H and O–H groups in total. The Morgan fingerprint density at radius 2 is 1.73 bits per heavy atom. The minimum atomic E-state index is -0.530. The first-order chi connectivity index (χ1) is 14.5. The molecule has 0 bridgehead atoms. The normalized spacial score (nSPS) is 19.8. The molecule has 0 aliphatic carbocycles. The van der Waals surface area contributed by atoms with Gasteiger partial charge in [-0.25, -0.2) is 0 Å². The number of aromatic hydroxyl groups is 1. The Morgan fingerprint density at radius 3 is 2.47 bits per heavy atom. The number of nitrogens with zero attached hydrogens (tertiary/aromatic N) is 2. The van der Waals surface area contributed by atoms with Crippen molar-refractivity contribution in [3.63, 3.8) is 0 Å². The number of carbonyl (C=O) groups is 3. The number of hydrogen-bond donors (Lipinski definition) is 1. The summed E-state index contributed by atoms with van der Waals surface area (Å²) in [6.45, 7) is 1.46. The number of phenolic OH excluding ortho intramolecular Hbond substituents is 1. The lowest BCUT2D eigenvalue weighted by Crippen LogP contribution is -2.50.